The minimum Gasteiger partial charge on any atom is -0.329 e. The van der Waals surface area contributed by atoms with E-state index in [1.54, 1.807) is 0 Å². The van der Waals surface area contributed by atoms with Gasteiger partial charge in [-0.2, -0.15) is 0 Å². The first-order chi connectivity index (χ1) is 6.75. The zero-order valence-electron chi connectivity index (χ0n) is 9.13. The fraction of sp³-hybridized carbons (Fsp3) is 1.00. The van der Waals surface area contributed by atoms with E-state index in [2.05, 4.69) is 12.2 Å². The number of fused-ring (bicyclic) bond motifs is 1. The number of rotatable bonds is 3. The topological polar surface area (TPSA) is 38.0 Å². The van der Waals surface area contributed by atoms with Crippen LogP contribution in [0.5, 0.6) is 0 Å². The van der Waals surface area contributed by atoms with Crippen LogP contribution in [-0.2, 0) is 0 Å². The number of hydrogen-bond acceptors (Lipinski definition) is 2. The van der Waals surface area contributed by atoms with Crippen LogP contribution >= 0.6 is 0 Å². The van der Waals surface area contributed by atoms with Crippen molar-refractivity contribution in [3.8, 4) is 0 Å². The van der Waals surface area contributed by atoms with Gasteiger partial charge >= 0.3 is 0 Å². The molecule has 2 heteroatoms. The highest BCUT2D eigenvalue weighted by molar-refractivity contribution is 5.18. The molecule has 2 bridgehead atoms. The van der Waals surface area contributed by atoms with Crippen molar-refractivity contribution in [3.63, 3.8) is 0 Å². The highest BCUT2D eigenvalue weighted by Gasteiger charge is 2.66. The maximum absolute atomic E-state index is 5.57. The second-order valence-corrected chi connectivity index (χ2v) is 5.95. The van der Waals surface area contributed by atoms with Crippen LogP contribution in [0.3, 0.4) is 0 Å². The molecule has 0 amide bonds. The van der Waals surface area contributed by atoms with Gasteiger partial charge in [-0.25, -0.2) is 0 Å². The Balaban J connectivity index is 1.70. The molecule has 5 unspecified atom stereocenters. The molecule has 0 aromatic carbocycles. The molecule has 3 aliphatic carbocycles. The van der Waals surface area contributed by atoms with E-state index in [0.717, 1.165) is 42.3 Å². The van der Waals surface area contributed by atoms with E-state index in [1.807, 2.05) is 0 Å². The third kappa shape index (κ3) is 1.17. The first kappa shape index (κ1) is 9.17. The standard InChI is InChI=1S/C12H22N2/c1-8-4-9-6-12(5-8)7-10(12)11(9)14-3-2-13/h8-11,14H,2-7,13H2,1H3. The number of nitrogens with two attached hydrogens (primary N) is 1. The van der Waals surface area contributed by atoms with Crippen LogP contribution in [0.25, 0.3) is 0 Å². The zero-order chi connectivity index (χ0) is 9.76. The molecular weight excluding hydrogens is 172 g/mol. The van der Waals surface area contributed by atoms with Gasteiger partial charge in [-0.1, -0.05) is 6.92 Å². The molecule has 3 fully saturated rings. The van der Waals surface area contributed by atoms with Gasteiger partial charge in [0.25, 0.3) is 0 Å². The van der Waals surface area contributed by atoms with Gasteiger partial charge in [-0.15, -0.1) is 0 Å². The minimum atomic E-state index is 0.790. The van der Waals surface area contributed by atoms with E-state index in [0.29, 0.717) is 0 Å². The third-order valence-electron chi connectivity index (χ3n) is 4.85. The lowest BCUT2D eigenvalue weighted by atomic mass is 9.77. The van der Waals surface area contributed by atoms with Gasteiger partial charge < -0.3 is 11.1 Å². The molecule has 14 heavy (non-hydrogen) atoms. The molecule has 3 N–H and O–H groups in total. The molecule has 3 saturated carbocycles. The fourth-order valence-corrected chi connectivity index (χ4v) is 4.50. The molecule has 3 aliphatic rings. The SMILES string of the molecule is CC1CC2CC3(C1)CC3C2NCCN. The predicted molar refractivity (Wildman–Crippen MR) is 57.9 cm³/mol. The Labute approximate surface area is 86.6 Å². The van der Waals surface area contributed by atoms with Gasteiger partial charge in [-0.05, 0) is 48.9 Å². The summed E-state index contributed by atoms with van der Waals surface area (Å²) in [6.07, 6.45) is 6.00. The van der Waals surface area contributed by atoms with E-state index in [-0.39, 0.29) is 0 Å². The van der Waals surface area contributed by atoms with E-state index >= 15 is 0 Å². The van der Waals surface area contributed by atoms with Crippen molar-refractivity contribution in [1.29, 1.82) is 0 Å². The summed E-state index contributed by atoms with van der Waals surface area (Å²) in [5, 5.41) is 3.68. The van der Waals surface area contributed by atoms with E-state index in [9.17, 15) is 0 Å². The Morgan fingerprint density at radius 3 is 3.00 bits per heavy atom. The van der Waals surface area contributed by atoms with Gasteiger partial charge in [0.1, 0.15) is 0 Å². The average Bonchev–Trinajstić information content (AvgIpc) is 2.73. The van der Waals surface area contributed by atoms with Crippen molar-refractivity contribution in [2.75, 3.05) is 13.1 Å². The van der Waals surface area contributed by atoms with Gasteiger partial charge in [0.2, 0.25) is 0 Å². The van der Waals surface area contributed by atoms with Crippen molar-refractivity contribution < 1.29 is 0 Å². The summed E-state index contributed by atoms with van der Waals surface area (Å²) >= 11 is 0. The molecule has 5 atom stereocenters. The molecule has 0 saturated heterocycles. The zero-order valence-corrected chi connectivity index (χ0v) is 9.13. The van der Waals surface area contributed by atoms with Crippen LogP contribution < -0.4 is 11.1 Å². The largest absolute Gasteiger partial charge is 0.329 e. The Bertz CT molecular complexity index is 240. The van der Waals surface area contributed by atoms with Crippen LogP contribution in [0.1, 0.15) is 32.6 Å². The maximum Gasteiger partial charge on any atom is 0.0130 e. The van der Waals surface area contributed by atoms with Crippen LogP contribution in [0.4, 0.5) is 0 Å². The third-order valence-corrected chi connectivity index (χ3v) is 4.85. The summed E-state index contributed by atoms with van der Waals surface area (Å²) in [6, 6.07) is 0.823. The average molecular weight is 194 g/mol. The molecule has 0 radical (unpaired) electrons. The predicted octanol–water partition coefficient (Wildman–Crippen LogP) is 1.36. The van der Waals surface area contributed by atoms with Crippen LogP contribution in [0.15, 0.2) is 0 Å². The Morgan fingerprint density at radius 1 is 1.36 bits per heavy atom. The Morgan fingerprint density at radius 2 is 2.21 bits per heavy atom. The molecule has 0 heterocycles. The lowest BCUT2D eigenvalue weighted by molar-refractivity contribution is 0.214. The quantitative estimate of drug-likeness (QED) is 0.712. The smallest absolute Gasteiger partial charge is 0.0130 e. The second kappa shape index (κ2) is 2.96. The molecule has 0 aromatic rings. The number of hydrogen-bond donors (Lipinski definition) is 2. The molecule has 2 nitrogen and oxygen atoms in total. The first-order valence-corrected chi connectivity index (χ1v) is 6.19. The molecular formula is C12H22N2. The summed E-state index contributed by atoms with van der Waals surface area (Å²) in [4.78, 5) is 0. The van der Waals surface area contributed by atoms with Crippen LogP contribution in [0.2, 0.25) is 0 Å². The fourth-order valence-electron chi connectivity index (χ4n) is 4.50. The number of nitrogens with one attached hydrogen (secondary N) is 1. The lowest BCUT2D eigenvalue weighted by Crippen LogP contribution is -2.39. The summed E-state index contributed by atoms with van der Waals surface area (Å²) in [7, 11) is 0. The summed E-state index contributed by atoms with van der Waals surface area (Å²) in [6.45, 7) is 4.25. The van der Waals surface area contributed by atoms with Gasteiger partial charge in [0.05, 0.1) is 0 Å². The van der Waals surface area contributed by atoms with Crippen molar-refractivity contribution in [2.24, 2.45) is 28.9 Å². The van der Waals surface area contributed by atoms with E-state index in [1.165, 1.54) is 25.7 Å². The molecule has 80 valence electrons. The second-order valence-electron chi connectivity index (χ2n) is 5.95. The highest BCUT2D eigenvalue weighted by Crippen LogP contribution is 2.71. The summed E-state index contributed by atoms with van der Waals surface area (Å²) < 4.78 is 0. The lowest BCUT2D eigenvalue weighted by Gasteiger charge is -2.31. The molecule has 1 spiro atoms. The highest BCUT2D eigenvalue weighted by atomic mass is 15.0. The monoisotopic (exact) mass is 194 g/mol. The normalized spacial score (nSPS) is 54.4. The van der Waals surface area contributed by atoms with E-state index < -0.39 is 0 Å². The van der Waals surface area contributed by atoms with E-state index in [4.69, 9.17) is 5.73 Å². The summed E-state index contributed by atoms with van der Waals surface area (Å²) in [5.41, 5.74) is 6.37. The molecule has 3 rings (SSSR count). The summed E-state index contributed by atoms with van der Waals surface area (Å²) in [5.74, 6) is 2.97. The van der Waals surface area contributed by atoms with Crippen LogP contribution in [-0.4, -0.2) is 19.1 Å². The van der Waals surface area contributed by atoms with Gasteiger partial charge in [-0.3, -0.25) is 0 Å². The van der Waals surface area contributed by atoms with Crippen molar-refractivity contribution in [3.05, 3.63) is 0 Å². The van der Waals surface area contributed by atoms with Gasteiger partial charge in [0.15, 0.2) is 0 Å². The van der Waals surface area contributed by atoms with Gasteiger partial charge in [0, 0.05) is 19.1 Å². The Kier molecular flexibility index (Phi) is 1.94. The molecule has 0 aromatic heterocycles. The van der Waals surface area contributed by atoms with Crippen molar-refractivity contribution >= 4 is 0 Å². The Hall–Kier alpha value is -0.0800. The minimum absolute atomic E-state index is 0.790. The van der Waals surface area contributed by atoms with Crippen LogP contribution in [0, 0.1) is 23.2 Å². The first-order valence-electron chi connectivity index (χ1n) is 6.19. The maximum atomic E-state index is 5.57. The van der Waals surface area contributed by atoms with Crippen molar-refractivity contribution in [2.45, 2.75) is 38.6 Å². The van der Waals surface area contributed by atoms with Crippen molar-refractivity contribution in [1.82, 2.24) is 5.32 Å². The molecule has 0 aliphatic heterocycles.